The molecule has 0 fully saturated rings. The van der Waals surface area contributed by atoms with E-state index < -0.39 is 21.6 Å². The normalized spacial score (nSPS) is 13.2. The summed E-state index contributed by atoms with van der Waals surface area (Å²) in [5.74, 6) is 0.451. The Labute approximate surface area is 230 Å². The number of alkyl halides is 3. The lowest BCUT2D eigenvalue weighted by Gasteiger charge is -2.08. The lowest BCUT2D eigenvalue weighted by Crippen LogP contribution is -2.12. The van der Waals surface area contributed by atoms with Gasteiger partial charge in [-0.2, -0.15) is 18.3 Å². The predicted octanol–water partition coefficient (Wildman–Crippen LogP) is 6.55. The number of thiazole rings is 1. The lowest BCUT2D eigenvalue weighted by molar-refractivity contribution is -0.385. The molecule has 0 N–H and O–H groups in total. The first-order chi connectivity index (χ1) is 19.0. The minimum atomic E-state index is -4.64. The van der Waals surface area contributed by atoms with Crippen molar-refractivity contribution in [3.05, 3.63) is 101 Å². The number of ether oxygens (including phenoxy) is 2. The molecule has 2 heterocycles. The Bertz CT molecular complexity index is 1750. The number of nitro benzene ring substituents is 2. The van der Waals surface area contributed by atoms with Crippen LogP contribution < -0.4 is 14.3 Å². The highest BCUT2D eigenvalue weighted by molar-refractivity contribution is 7.07. The molecule has 0 amide bonds. The summed E-state index contributed by atoms with van der Waals surface area (Å²) in [5.41, 5.74) is -0.797. The van der Waals surface area contributed by atoms with Crippen LogP contribution in [0.15, 0.2) is 70.1 Å². The zero-order valence-electron chi connectivity index (χ0n) is 19.7. The largest absolute Gasteiger partial charge is 0.454 e. The molecule has 1 aliphatic rings. The van der Waals surface area contributed by atoms with E-state index in [1.165, 1.54) is 41.1 Å². The number of hydrogen-bond acceptors (Lipinski definition) is 9. The van der Waals surface area contributed by atoms with E-state index in [1.807, 2.05) is 0 Å². The summed E-state index contributed by atoms with van der Waals surface area (Å²) in [7, 11) is 0. The van der Waals surface area contributed by atoms with Gasteiger partial charge in [-0.3, -0.25) is 20.2 Å². The zero-order valence-corrected chi connectivity index (χ0v) is 21.2. The third-order valence-corrected chi connectivity index (χ3v) is 6.72. The van der Waals surface area contributed by atoms with Crippen molar-refractivity contribution in [2.75, 3.05) is 6.79 Å². The van der Waals surface area contributed by atoms with Gasteiger partial charge in [-0.15, -0.1) is 11.3 Å². The van der Waals surface area contributed by atoms with Gasteiger partial charge in [0.2, 0.25) is 11.6 Å². The van der Waals surface area contributed by atoms with Crippen LogP contribution in [-0.4, -0.2) is 27.5 Å². The van der Waals surface area contributed by atoms with E-state index >= 15 is 0 Å². The van der Waals surface area contributed by atoms with Crippen molar-refractivity contribution in [1.82, 2.24) is 4.68 Å². The number of hydrogen-bond donors (Lipinski definition) is 0. The van der Waals surface area contributed by atoms with Gasteiger partial charge in [0.25, 0.3) is 11.4 Å². The zero-order chi connectivity index (χ0) is 28.6. The third-order valence-electron chi connectivity index (χ3n) is 5.58. The molecule has 1 aliphatic heterocycles. The highest BCUT2D eigenvalue weighted by Gasteiger charge is 2.31. The van der Waals surface area contributed by atoms with Gasteiger partial charge >= 0.3 is 6.18 Å². The van der Waals surface area contributed by atoms with Crippen molar-refractivity contribution in [2.45, 2.75) is 6.18 Å². The summed E-state index contributed by atoms with van der Waals surface area (Å²) in [6.45, 7) is -0.114. The van der Waals surface area contributed by atoms with Gasteiger partial charge in [0.15, 0.2) is 11.5 Å². The van der Waals surface area contributed by atoms with Gasteiger partial charge in [-0.25, -0.2) is 9.67 Å². The fourth-order valence-electron chi connectivity index (χ4n) is 3.65. The number of aromatic nitrogens is 1. The van der Waals surface area contributed by atoms with Gasteiger partial charge < -0.3 is 9.47 Å². The molecule has 0 bridgehead atoms. The number of non-ortho nitro benzene ring substituents is 1. The van der Waals surface area contributed by atoms with E-state index in [2.05, 4.69) is 10.1 Å². The first-order valence-electron chi connectivity index (χ1n) is 11.0. The van der Waals surface area contributed by atoms with E-state index in [4.69, 9.17) is 21.1 Å². The monoisotopic (exact) mass is 591 g/mol. The summed E-state index contributed by atoms with van der Waals surface area (Å²) in [6, 6.07) is 10.7. The molecular weight excluding hydrogens is 579 g/mol. The van der Waals surface area contributed by atoms with Crippen molar-refractivity contribution in [3.8, 4) is 22.8 Å². The van der Waals surface area contributed by atoms with Crippen LogP contribution in [0.4, 0.5) is 30.2 Å². The van der Waals surface area contributed by atoms with Crippen LogP contribution >= 0.6 is 22.9 Å². The summed E-state index contributed by atoms with van der Waals surface area (Å²) in [4.78, 5) is 25.9. The van der Waals surface area contributed by atoms with Gasteiger partial charge in [0.05, 0.1) is 49.7 Å². The predicted molar refractivity (Wildman–Crippen MR) is 138 cm³/mol. The fourth-order valence-corrected chi connectivity index (χ4v) is 4.66. The average molecular weight is 592 g/mol. The Balaban J connectivity index is 1.68. The van der Waals surface area contributed by atoms with Crippen molar-refractivity contribution in [2.24, 2.45) is 10.1 Å². The molecule has 0 saturated carbocycles. The molecule has 0 unspecified atom stereocenters. The molecular formula is C24H13ClF3N5O6S. The second-order valence-electron chi connectivity index (χ2n) is 8.06. The molecule has 40 heavy (non-hydrogen) atoms. The molecule has 11 nitrogen and oxygen atoms in total. The Morgan fingerprint density at radius 3 is 2.35 bits per heavy atom. The second-order valence-corrected chi connectivity index (χ2v) is 9.30. The smallest absolute Gasteiger partial charge is 0.416 e. The SMILES string of the molecule is O=[N+]([O-])c1ccc(-c2csc(=Nc3cc(C(F)(F)F)ccc3Cl)n2/N=C\c2cc3c(cc2[N+](=O)[O-])OCO3)cc1. The quantitative estimate of drug-likeness (QED) is 0.142. The molecule has 1 aromatic heterocycles. The maximum absolute atomic E-state index is 13.3. The van der Waals surface area contributed by atoms with Crippen molar-refractivity contribution < 1.29 is 32.5 Å². The number of benzene rings is 3. The molecule has 0 spiro atoms. The average Bonchev–Trinajstić information content (AvgIpc) is 3.53. The van der Waals surface area contributed by atoms with Crippen LogP contribution in [0.25, 0.3) is 11.3 Å². The molecule has 3 aromatic carbocycles. The Morgan fingerprint density at radius 2 is 1.70 bits per heavy atom. The number of nitro groups is 2. The molecule has 0 radical (unpaired) electrons. The van der Waals surface area contributed by atoms with Gasteiger partial charge in [-0.05, 0) is 36.4 Å². The third kappa shape index (κ3) is 5.37. The van der Waals surface area contributed by atoms with Crippen molar-refractivity contribution in [3.63, 3.8) is 0 Å². The highest BCUT2D eigenvalue weighted by Crippen LogP contribution is 2.38. The minimum Gasteiger partial charge on any atom is -0.454 e. The van der Waals surface area contributed by atoms with E-state index in [-0.39, 0.29) is 50.7 Å². The summed E-state index contributed by atoms with van der Waals surface area (Å²) in [6.07, 6.45) is -3.48. The van der Waals surface area contributed by atoms with Gasteiger partial charge in [0.1, 0.15) is 0 Å². The molecule has 5 rings (SSSR count). The first-order valence-corrected chi connectivity index (χ1v) is 12.3. The van der Waals surface area contributed by atoms with Gasteiger partial charge in [0, 0.05) is 23.1 Å². The summed E-state index contributed by atoms with van der Waals surface area (Å²) >= 11 is 7.13. The molecule has 16 heteroatoms. The van der Waals surface area contributed by atoms with E-state index in [0.29, 0.717) is 11.3 Å². The minimum absolute atomic E-state index is 0.0469. The summed E-state index contributed by atoms with van der Waals surface area (Å²) < 4.78 is 51.6. The Morgan fingerprint density at radius 1 is 1.00 bits per heavy atom. The summed E-state index contributed by atoms with van der Waals surface area (Å²) in [5, 5.41) is 28.6. The van der Waals surface area contributed by atoms with Crippen LogP contribution in [0.5, 0.6) is 11.5 Å². The molecule has 0 aliphatic carbocycles. The van der Waals surface area contributed by atoms with E-state index in [1.54, 1.807) is 5.38 Å². The topological polar surface area (TPSA) is 134 Å². The molecule has 204 valence electrons. The molecule has 0 atom stereocenters. The number of rotatable bonds is 6. The van der Waals surface area contributed by atoms with Crippen LogP contribution in [0.3, 0.4) is 0 Å². The maximum Gasteiger partial charge on any atom is 0.416 e. The fraction of sp³-hybridized carbons (Fsp3) is 0.0833. The Hall–Kier alpha value is -4.76. The lowest BCUT2D eigenvalue weighted by atomic mass is 10.1. The van der Waals surface area contributed by atoms with Crippen LogP contribution in [0, 0.1) is 20.2 Å². The number of fused-ring (bicyclic) bond motifs is 1. The number of halogens is 4. The number of nitrogens with zero attached hydrogens (tertiary/aromatic N) is 5. The highest BCUT2D eigenvalue weighted by atomic mass is 35.5. The first kappa shape index (κ1) is 26.8. The molecule has 0 saturated heterocycles. The molecule has 4 aromatic rings. The van der Waals surface area contributed by atoms with Crippen molar-refractivity contribution >= 4 is 46.2 Å². The van der Waals surface area contributed by atoms with Crippen LogP contribution in [0.2, 0.25) is 5.02 Å². The van der Waals surface area contributed by atoms with E-state index in [9.17, 15) is 33.4 Å². The van der Waals surface area contributed by atoms with E-state index in [0.717, 1.165) is 35.8 Å². The van der Waals surface area contributed by atoms with Gasteiger partial charge in [-0.1, -0.05) is 11.6 Å². The Kier molecular flexibility index (Phi) is 6.99. The maximum atomic E-state index is 13.3. The standard InChI is InChI=1S/C24H13ClF3N5O6S/c25-17-6-3-15(24(26,27)28)8-18(17)30-23-31(20(11-40-23)13-1-4-16(5-2-13)32(34)35)29-10-14-7-21-22(39-12-38-21)9-19(14)33(36)37/h1-11H,12H2/b29-10-,30-23?. The van der Waals surface area contributed by atoms with Crippen molar-refractivity contribution in [1.29, 1.82) is 0 Å². The second kappa shape index (κ2) is 10.4. The van der Waals surface area contributed by atoms with Crippen LogP contribution in [0.1, 0.15) is 11.1 Å². The van der Waals surface area contributed by atoms with Crippen LogP contribution in [-0.2, 0) is 6.18 Å².